The van der Waals surface area contributed by atoms with E-state index in [4.69, 9.17) is 0 Å². The number of hydrogen-bond donors (Lipinski definition) is 2. The Morgan fingerprint density at radius 3 is 2.94 bits per heavy atom. The van der Waals surface area contributed by atoms with E-state index in [2.05, 4.69) is 10.3 Å². The molecule has 1 saturated carbocycles. The van der Waals surface area contributed by atoms with Gasteiger partial charge in [-0.1, -0.05) is 12.8 Å². The van der Waals surface area contributed by atoms with Crippen LogP contribution in [0.15, 0.2) is 18.3 Å². The number of aryl methyl sites for hydroxylation is 1. The van der Waals surface area contributed by atoms with Crippen LogP contribution in [0.2, 0.25) is 0 Å². The number of nitrogens with zero attached hydrogens (tertiary/aromatic N) is 1. The second-order valence-electron chi connectivity index (χ2n) is 4.57. The second-order valence-corrected chi connectivity index (χ2v) is 4.57. The van der Waals surface area contributed by atoms with Gasteiger partial charge >= 0.3 is 0 Å². The van der Waals surface area contributed by atoms with E-state index in [9.17, 15) is 9.90 Å². The quantitative estimate of drug-likeness (QED) is 0.813. The molecule has 1 fully saturated rings. The van der Waals surface area contributed by atoms with Gasteiger partial charge in [-0.3, -0.25) is 9.78 Å². The summed E-state index contributed by atoms with van der Waals surface area (Å²) in [6, 6.07) is 3.39. The van der Waals surface area contributed by atoms with Crippen LogP contribution < -0.4 is 5.32 Å². The summed E-state index contributed by atoms with van der Waals surface area (Å²) in [5.74, 6) is -0.137. The number of carbonyl (C=O) groups excluding carboxylic acids is 1. The van der Waals surface area contributed by atoms with E-state index < -0.39 is 6.10 Å². The van der Waals surface area contributed by atoms with Crippen molar-refractivity contribution in [2.24, 2.45) is 0 Å². The average Bonchev–Trinajstić information content (AvgIpc) is 2.32. The summed E-state index contributed by atoms with van der Waals surface area (Å²) in [6.07, 6.45) is 4.99. The highest BCUT2D eigenvalue weighted by Gasteiger charge is 2.25. The first-order valence-electron chi connectivity index (χ1n) is 6.09. The van der Waals surface area contributed by atoms with Gasteiger partial charge in [-0.15, -0.1) is 0 Å². The molecular formula is C13H18N2O2. The molecule has 0 saturated heterocycles. The highest BCUT2D eigenvalue weighted by molar-refractivity contribution is 5.95. The maximum absolute atomic E-state index is 12.0. The molecule has 1 heterocycles. The van der Waals surface area contributed by atoms with Crippen molar-refractivity contribution in [1.29, 1.82) is 0 Å². The summed E-state index contributed by atoms with van der Waals surface area (Å²) in [4.78, 5) is 16.1. The van der Waals surface area contributed by atoms with Crippen molar-refractivity contribution in [3.05, 3.63) is 29.6 Å². The van der Waals surface area contributed by atoms with Gasteiger partial charge in [-0.25, -0.2) is 0 Å². The molecule has 0 spiro atoms. The van der Waals surface area contributed by atoms with E-state index in [-0.39, 0.29) is 11.9 Å². The number of aliphatic hydroxyl groups excluding tert-OH is 1. The third-order valence-electron chi connectivity index (χ3n) is 3.30. The van der Waals surface area contributed by atoms with Crippen LogP contribution in [0.3, 0.4) is 0 Å². The molecule has 1 aromatic rings. The molecule has 92 valence electrons. The number of amides is 1. The van der Waals surface area contributed by atoms with Crippen LogP contribution >= 0.6 is 0 Å². The molecule has 1 aliphatic carbocycles. The first-order valence-corrected chi connectivity index (χ1v) is 6.09. The van der Waals surface area contributed by atoms with Crippen molar-refractivity contribution in [2.45, 2.75) is 44.8 Å². The number of rotatable bonds is 2. The van der Waals surface area contributed by atoms with Crippen molar-refractivity contribution >= 4 is 5.91 Å². The Balaban J connectivity index is 2.04. The lowest BCUT2D eigenvalue weighted by Gasteiger charge is -2.28. The molecule has 1 aliphatic rings. The zero-order valence-electron chi connectivity index (χ0n) is 10.0. The molecule has 4 nitrogen and oxygen atoms in total. The minimum Gasteiger partial charge on any atom is -0.391 e. The number of pyridine rings is 1. The lowest BCUT2D eigenvalue weighted by molar-refractivity contribution is 0.0716. The molecule has 1 aromatic heterocycles. The average molecular weight is 234 g/mol. The number of aromatic nitrogens is 1. The fourth-order valence-electron chi connectivity index (χ4n) is 2.25. The van der Waals surface area contributed by atoms with Crippen LogP contribution in [0, 0.1) is 6.92 Å². The SMILES string of the molecule is Cc1ncccc1C(=O)NC1CCCCC1O. The van der Waals surface area contributed by atoms with Crippen molar-refractivity contribution in [3.63, 3.8) is 0 Å². The first-order chi connectivity index (χ1) is 8.18. The van der Waals surface area contributed by atoms with E-state index in [0.29, 0.717) is 5.56 Å². The van der Waals surface area contributed by atoms with Gasteiger partial charge in [0.05, 0.1) is 17.7 Å². The normalized spacial score (nSPS) is 24.4. The Bertz CT molecular complexity index is 406. The Morgan fingerprint density at radius 2 is 2.24 bits per heavy atom. The molecule has 2 unspecified atom stereocenters. The third-order valence-corrected chi connectivity index (χ3v) is 3.30. The Labute approximate surface area is 101 Å². The van der Waals surface area contributed by atoms with Crippen LogP contribution in [0.1, 0.15) is 41.7 Å². The predicted octanol–water partition coefficient (Wildman–Crippen LogP) is 1.42. The topological polar surface area (TPSA) is 62.2 Å². The molecule has 17 heavy (non-hydrogen) atoms. The molecular weight excluding hydrogens is 216 g/mol. The minimum atomic E-state index is -0.412. The van der Waals surface area contributed by atoms with Crippen molar-refractivity contribution in [2.75, 3.05) is 0 Å². The summed E-state index contributed by atoms with van der Waals surface area (Å²) in [7, 11) is 0. The molecule has 0 radical (unpaired) electrons. The smallest absolute Gasteiger partial charge is 0.253 e. The van der Waals surface area contributed by atoms with Gasteiger partial charge in [0.25, 0.3) is 5.91 Å². The number of nitrogens with one attached hydrogen (secondary N) is 1. The van der Waals surface area contributed by atoms with Gasteiger partial charge in [0.15, 0.2) is 0 Å². The molecule has 2 rings (SSSR count). The summed E-state index contributed by atoms with van der Waals surface area (Å²) in [6.45, 7) is 1.81. The number of aliphatic hydroxyl groups is 1. The van der Waals surface area contributed by atoms with Crippen LogP contribution in [0.25, 0.3) is 0 Å². The van der Waals surface area contributed by atoms with Gasteiger partial charge in [-0.2, -0.15) is 0 Å². The minimum absolute atomic E-state index is 0.115. The van der Waals surface area contributed by atoms with E-state index >= 15 is 0 Å². The van der Waals surface area contributed by atoms with Crippen molar-refractivity contribution in [1.82, 2.24) is 10.3 Å². The summed E-state index contributed by atoms with van der Waals surface area (Å²) < 4.78 is 0. The van der Waals surface area contributed by atoms with Crippen LogP contribution in [-0.2, 0) is 0 Å². The van der Waals surface area contributed by atoms with Crippen molar-refractivity contribution in [3.8, 4) is 0 Å². The largest absolute Gasteiger partial charge is 0.391 e. The van der Waals surface area contributed by atoms with Crippen molar-refractivity contribution < 1.29 is 9.90 Å². The first kappa shape index (κ1) is 12.0. The van der Waals surface area contributed by atoms with Gasteiger partial charge in [0.2, 0.25) is 0 Å². The molecule has 1 amide bonds. The lowest BCUT2D eigenvalue weighted by Crippen LogP contribution is -2.45. The number of carbonyl (C=O) groups is 1. The van der Waals surface area contributed by atoms with E-state index in [1.165, 1.54) is 0 Å². The number of hydrogen-bond acceptors (Lipinski definition) is 3. The predicted molar refractivity (Wildman–Crippen MR) is 64.7 cm³/mol. The maximum Gasteiger partial charge on any atom is 0.253 e. The molecule has 0 aromatic carbocycles. The maximum atomic E-state index is 12.0. The van der Waals surface area contributed by atoms with Gasteiger partial charge in [0.1, 0.15) is 0 Å². The zero-order chi connectivity index (χ0) is 12.3. The summed E-state index contributed by atoms with van der Waals surface area (Å²) >= 11 is 0. The van der Waals surface area contributed by atoms with Gasteiger partial charge < -0.3 is 10.4 Å². The van der Waals surface area contributed by atoms with Crippen LogP contribution in [0.5, 0.6) is 0 Å². The monoisotopic (exact) mass is 234 g/mol. The highest BCUT2D eigenvalue weighted by Crippen LogP contribution is 2.18. The van der Waals surface area contributed by atoms with Crippen LogP contribution in [0.4, 0.5) is 0 Å². The zero-order valence-corrected chi connectivity index (χ0v) is 10.0. The standard InChI is InChI=1S/C13H18N2O2/c1-9-10(5-4-8-14-9)13(17)15-11-6-2-3-7-12(11)16/h4-5,8,11-12,16H,2-3,6-7H2,1H3,(H,15,17). The summed E-state index contributed by atoms with van der Waals surface area (Å²) in [5.41, 5.74) is 1.31. The third kappa shape index (κ3) is 2.82. The fourth-order valence-corrected chi connectivity index (χ4v) is 2.25. The highest BCUT2D eigenvalue weighted by atomic mass is 16.3. The van der Waals surface area contributed by atoms with E-state index in [1.807, 2.05) is 6.92 Å². The molecule has 4 heteroatoms. The Hall–Kier alpha value is -1.42. The lowest BCUT2D eigenvalue weighted by atomic mass is 9.92. The summed E-state index contributed by atoms with van der Waals surface area (Å²) in [5, 5.41) is 12.7. The van der Waals surface area contributed by atoms with E-state index in [1.54, 1.807) is 18.3 Å². The fraction of sp³-hybridized carbons (Fsp3) is 0.538. The van der Waals surface area contributed by atoms with Crippen LogP contribution in [-0.4, -0.2) is 28.1 Å². The van der Waals surface area contributed by atoms with Gasteiger partial charge in [-0.05, 0) is 31.9 Å². The Kier molecular flexibility index (Phi) is 3.74. The van der Waals surface area contributed by atoms with E-state index in [0.717, 1.165) is 31.4 Å². The molecule has 0 bridgehead atoms. The van der Waals surface area contributed by atoms with Gasteiger partial charge in [0, 0.05) is 11.9 Å². The molecule has 0 aliphatic heterocycles. The second kappa shape index (κ2) is 5.27. The Morgan fingerprint density at radius 1 is 1.47 bits per heavy atom. The molecule has 2 N–H and O–H groups in total. The molecule has 2 atom stereocenters.